The average Bonchev–Trinajstić information content (AvgIpc) is 3.04. The van der Waals surface area contributed by atoms with Crippen LogP contribution in [0.15, 0.2) is 39.1 Å². The number of aryl methyl sites for hydroxylation is 1. The fourth-order valence-corrected chi connectivity index (χ4v) is 4.65. The molecule has 0 N–H and O–H groups in total. The second-order valence-corrected chi connectivity index (χ2v) is 7.45. The molecule has 0 saturated carbocycles. The summed E-state index contributed by atoms with van der Waals surface area (Å²) < 4.78 is 7.17. The zero-order chi connectivity index (χ0) is 16.2. The van der Waals surface area contributed by atoms with Gasteiger partial charge in [-0.3, -0.25) is 9.36 Å². The summed E-state index contributed by atoms with van der Waals surface area (Å²) in [5.74, 6) is 2.59. The Kier molecular flexibility index (Phi) is 5.33. The molecule has 1 aliphatic heterocycles. The van der Waals surface area contributed by atoms with Gasteiger partial charge in [0.15, 0.2) is 5.16 Å². The molecular formula is C17H20N2O2S2. The Morgan fingerprint density at radius 2 is 2.22 bits per heavy atom. The molecule has 0 radical (unpaired) electrons. The first-order valence-corrected chi connectivity index (χ1v) is 9.78. The van der Waals surface area contributed by atoms with Gasteiger partial charge in [0.05, 0.1) is 23.4 Å². The van der Waals surface area contributed by atoms with Gasteiger partial charge >= 0.3 is 0 Å². The van der Waals surface area contributed by atoms with Gasteiger partial charge in [-0.25, -0.2) is 4.98 Å². The second kappa shape index (κ2) is 7.45. The number of aromatic nitrogens is 2. The van der Waals surface area contributed by atoms with Gasteiger partial charge in [-0.05, 0) is 18.6 Å². The molecule has 0 aliphatic carbocycles. The van der Waals surface area contributed by atoms with E-state index in [4.69, 9.17) is 9.72 Å². The van der Waals surface area contributed by atoms with E-state index in [1.165, 1.54) is 0 Å². The molecule has 2 heterocycles. The maximum absolute atomic E-state index is 13.0. The molecule has 0 atom stereocenters. The van der Waals surface area contributed by atoms with Crippen molar-refractivity contribution in [2.24, 2.45) is 0 Å². The zero-order valence-electron chi connectivity index (χ0n) is 13.4. The third-order valence-electron chi connectivity index (χ3n) is 3.72. The van der Waals surface area contributed by atoms with E-state index >= 15 is 0 Å². The lowest BCUT2D eigenvalue weighted by molar-refractivity contribution is 0.411. The van der Waals surface area contributed by atoms with Gasteiger partial charge in [0, 0.05) is 17.9 Å². The number of hydrogen-bond acceptors (Lipinski definition) is 5. The van der Waals surface area contributed by atoms with Crippen LogP contribution in [0.1, 0.15) is 25.5 Å². The van der Waals surface area contributed by atoms with E-state index in [9.17, 15) is 4.79 Å². The number of fused-ring (bicyclic) bond motifs is 1. The Hall–Kier alpha value is -1.40. The fourth-order valence-electron chi connectivity index (χ4n) is 2.52. The van der Waals surface area contributed by atoms with Crippen molar-refractivity contribution in [3.05, 3.63) is 40.3 Å². The van der Waals surface area contributed by atoms with Gasteiger partial charge in [0.25, 0.3) is 5.56 Å². The quantitative estimate of drug-likeness (QED) is 0.451. The number of thioether (sulfide) groups is 2. The Morgan fingerprint density at radius 1 is 1.39 bits per heavy atom. The Balaban J connectivity index is 2.15. The van der Waals surface area contributed by atoms with Crippen molar-refractivity contribution in [2.75, 3.05) is 18.6 Å². The number of unbranched alkanes of at least 4 members (excludes halogenated alkanes) is 1. The minimum absolute atomic E-state index is 0.0287. The highest BCUT2D eigenvalue weighted by Gasteiger charge is 2.23. The SMILES string of the molecule is CCCCSc1nc2c(c(=O)n1-c1ccccc1OC)SCC2. The predicted octanol–water partition coefficient (Wildman–Crippen LogP) is 3.78. The third-order valence-corrected chi connectivity index (χ3v) is 5.85. The molecule has 0 bridgehead atoms. The summed E-state index contributed by atoms with van der Waals surface area (Å²) in [5.41, 5.74) is 1.74. The molecule has 0 spiro atoms. The van der Waals surface area contributed by atoms with Crippen LogP contribution in [0.2, 0.25) is 0 Å². The molecule has 1 aromatic heterocycles. The molecule has 122 valence electrons. The van der Waals surface area contributed by atoms with Crippen LogP contribution in [-0.4, -0.2) is 28.2 Å². The maximum atomic E-state index is 13.0. The number of nitrogens with zero attached hydrogens (tertiary/aromatic N) is 2. The Labute approximate surface area is 144 Å². The lowest BCUT2D eigenvalue weighted by Gasteiger charge is -2.16. The average molecular weight is 348 g/mol. The predicted molar refractivity (Wildman–Crippen MR) is 96.4 cm³/mol. The first kappa shape index (κ1) is 16.5. The number of rotatable bonds is 6. The van der Waals surface area contributed by atoms with E-state index in [2.05, 4.69) is 6.92 Å². The van der Waals surface area contributed by atoms with Gasteiger partial charge in [-0.1, -0.05) is 37.2 Å². The van der Waals surface area contributed by atoms with Crippen molar-refractivity contribution in [1.29, 1.82) is 0 Å². The van der Waals surface area contributed by atoms with Gasteiger partial charge in [0.1, 0.15) is 5.75 Å². The number of para-hydroxylation sites is 2. The second-order valence-electron chi connectivity index (χ2n) is 5.28. The number of ether oxygens (including phenoxy) is 1. The molecular weight excluding hydrogens is 328 g/mol. The Bertz CT molecular complexity index is 759. The van der Waals surface area contributed by atoms with Crippen LogP contribution in [0.3, 0.4) is 0 Å². The number of hydrogen-bond donors (Lipinski definition) is 0. The van der Waals surface area contributed by atoms with Crippen molar-refractivity contribution in [1.82, 2.24) is 9.55 Å². The van der Waals surface area contributed by atoms with Crippen molar-refractivity contribution >= 4 is 23.5 Å². The van der Waals surface area contributed by atoms with Gasteiger partial charge in [-0.2, -0.15) is 0 Å². The molecule has 1 aliphatic rings. The Morgan fingerprint density at radius 3 is 3.00 bits per heavy atom. The van der Waals surface area contributed by atoms with Crippen LogP contribution in [0.5, 0.6) is 5.75 Å². The monoisotopic (exact) mass is 348 g/mol. The van der Waals surface area contributed by atoms with Crippen LogP contribution in [0.25, 0.3) is 5.69 Å². The van der Waals surface area contributed by atoms with Crippen molar-refractivity contribution < 1.29 is 4.74 Å². The topological polar surface area (TPSA) is 44.1 Å². The summed E-state index contributed by atoms with van der Waals surface area (Å²) in [7, 11) is 1.63. The molecule has 0 fully saturated rings. The van der Waals surface area contributed by atoms with Crippen molar-refractivity contribution in [2.45, 2.75) is 36.2 Å². The van der Waals surface area contributed by atoms with E-state index in [1.807, 2.05) is 24.3 Å². The van der Waals surface area contributed by atoms with E-state index in [0.29, 0.717) is 5.75 Å². The lowest BCUT2D eigenvalue weighted by atomic mass is 10.2. The van der Waals surface area contributed by atoms with Crippen LogP contribution >= 0.6 is 23.5 Å². The summed E-state index contributed by atoms with van der Waals surface area (Å²) in [6.45, 7) is 2.17. The van der Waals surface area contributed by atoms with Crippen LogP contribution in [0, 0.1) is 0 Å². The summed E-state index contributed by atoms with van der Waals surface area (Å²) in [6, 6.07) is 7.62. The summed E-state index contributed by atoms with van der Waals surface area (Å²) in [4.78, 5) is 18.6. The third kappa shape index (κ3) is 3.28. The molecule has 23 heavy (non-hydrogen) atoms. The molecule has 0 unspecified atom stereocenters. The molecule has 4 nitrogen and oxygen atoms in total. The summed E-state index contributed by atoms with van der Waals surface area (Å²) >= 11 is 3.26. The maximum Gasteiger partial charge on any atom is 0.272 e. The summed E-state index contributed by atoms with van der Waals surface area (Å²) in [5, 5.41) is 0.772. The van der Waals surface area contributed by atoms with Gasteiger partial charge in [0.2, 0.25) is 0 Å². The van der Waals surface area contributed by atoms with Gasteiger partial charge < -0.3 is 4.74 Å². The van der Waals surface area contributed by atoms with Crippen molar-refractivity contribution in [3.63, 3.8) is 0 Å². The molecule has 3 rings (SSSR count). The largest absolute Gasteiger partial charge is 0.495 e. The summed E-state index contributed by atoms with van der Waals surface area (Å²) in [6.07, 6.45) is 3.12. The minimum atomic E-state index is 0.0287. The minimum Gasteiger partial charge on any atom is -0.495 e. The van der Waals surface area contributed by atoms with E-state index in [1.54, 1.807) is 35.2 Å². The standard InChI is InChI=1S/C17H20N2O2S2/c1-3-4-10-23-17-18-12-9-11-22-15(12)16(20)19(17)13-7-5-6-8-14(13)21-2/h5-8H,3-4,9-11H2,1-2H3. The highest BCUT2D eigenvalue weighted by atomic mass is 32.2. The number of benzene rings is 1. The molecule has 0 amide bonds. The molecule has 6 heteroatoms. The normalized spacial score (nSPS) is 13.1. The molecule has 2 aromatic rings. The molecule has 0 saturated heterocycles. The fraction of sp³-hybridized carbons (Fsp3) is 0.412. The number of methoxy groups -OCH3 is 1. The highest BCUT2D eigenvalue weighted by molar-refractivity contribution is 7.99. The first-order chi connectivity index (χ1) is 11.3. The molecule has 1 aromatic carbocycles. The van der Waals surface area contributed by atoms with Crippen LogP contribution in [-0.2, 0) is 6.42 Å². The van der Waals surface area contributed by atoms with E-state index in [-0.39, 0.29) is 5.56 Å². The van der Waals surface area contributed by atoms with Gasteiger partial charge in [-0.15, -0.1) is 11.8 Å². The first-order valence-electron chi connectivity index (χ1n) is 7.81. The van der Waals surface area contributed by atoms with E-state index in [0.717, 1.165) is 52.2 Å². The van der Waals surface area contributed by atoms with E-state index < -0.39 is 0 Å². The highest BCUT2D eigenvalue weighted by Crippen LogP contribution is 2.32. The lowest BCUT2D eigenvalue weighted by Crippen LogP contribution is -2.24. The van der Waals surface area contributed by atoms with Crippen molar-refractivity contribution in [3.8, 4) is 11.4 Å². The van der Waals surface area contributed by atoms with Crippen LogP contribution < -0.4 is 10.3 Å². The smallest absolute Gasteiger partial charge is 0.272 e. The van der Waals surface area contributed by atoms with Crippen LogP contribution in [0.4, 0.5) is 0 Å². The zero-order valence-corrected chi connectivity index (χ0v) is 15.0.